The molecule has 0 radical (unpaired) electrons. The Hall–Kier alpha value is -0.620. The number of nitrogens with one attached hydrogen (secondary N) is 1. The Morgan fingerprint density at radius 2 is 2.19 bits per heavy atom. The number of halogens is 1. The number of alkyl halides is 1. The molecule has 0 saturated heterocycles. The molecule has 1 saturated carbocycles. The van der Waals surface area contributed by atoms with E-state index in [2.05, 4.69) is 26.0 Å². The SMILES string of the molecule is COC(=O)C(Br)CN(C)CC(=O)NC1CC1. The van der Waals surface area contributed by atoms with E-state index in [0.717, 1.165) is 12.8 Å². The van der Waals surface area contributed by atoms with E-state index in [4.69, 9.17) is 0 Å². The zero-order valence-corrected chi connectivity index (χ0v) is 11.1. The number of amides is 1. The molecule has 1 amide bonds. The number of ether oxygens (including phenoxy) is 1. The van der Waals surface area contributed by atoms with Gasteiger partial charge in [-0.3, -0.25) is 14.5 Å². The van der Waals surface area contributed by atoms with E-state index in [9.17, 15) is 9.59 Å². The molecule has 92 valence electrons. The standard InChI is InChI=1S/C10H17BrN2O3/c1-13(5-8(11)10(15)16-2)6-9(14)12-7-3-4-7/h7-8H,3-6H2,1-2H3,(H,12,14). The molecule has 1 aliphatic rings. The van der Waals surface area contributed by atoms with E-state index >= 15 is 0 Å². The summed E-state index contributed by atoms with van der Waals surface area (Å²) < 4.78 is 4.58. The van der Waals surface area contributed by atoms with Crippen LogP contribution in [0.25, 0.3) is 0 Å². The Bertz CT molecular complexity index is 269. The molecule has 0 aromatic heterocycles. The molecule has 1 atom stereocenters. The van der Waals surface area contributed by atoms with Crippen LogP contribution >= 0.6 is 15.9 Å². The number of hydrogen-bond acceptors (Lipinski definition) is 4. The molecule has 0 spiro atoms. The van der Waals surface area contributed by atoms with Crippen molar-refractivity contribution in [3.63, 3.8) is 0 Å². The maximum absolute atomic E-state index is 11.4. The third-order valence-corrected chi connectivity index (χ3v) is 2.95. The maximum Gasteiger partial charge on any atom is 0.320 e. The van der Waals surface area contributed by atoms with Crippen LogP contribution in [0.1, 0.15) is 12.8 Å². The number of likely N-dealkylation sites (N-methyl/N-ethyl adjacent to an activating group) is 1. The van der Waals surface area contributed by atoms with Crippen molar-refractivity contribution in [2.45, 2.75) is 23.7 Å². The second-order valence-electron chi connectivity index (χ2n) is 4.03. The van der Waals surface area contributed by atoms with E-state index in [-0.39, 0.29) is 11.9 Å². The molecule has 16 heavy (non-hydrogen) atoms. The Kier molecular flexibility index (Phi) is 5.21. The fourth-order valence-electron chi connectivity index (χ4n) is 1.29. The molecule has 1 aliphatic carbocycles. The fraction of sp³-hybridized carbons (Fsp3) is 0.800. The summed E-state index contributed by atoms with van der Waals surface area (Å²) >= 11 is 3.21. The first-order valence-corrected chi connectivity index (χ1v) is 6.14. The van der Waals surface area contributed by atoms with Gasteiger partial charge in [-0.2, -0.15) is 0 Å². The van der Waals surface area contributed by atoms with Gasteiger partial charge in [-0.25, -0.2) is 0 Å². The summed E-state index contributed by atoms with van der Waals surface area (Å²) in [5, 5.41) is 2.89. The van der Waals surface area contributed by atoms with Crippen LogP contribution in [-0.4, -0.2) is 54.9 Å². The summed E-state index contributed by atoms with van der Waals surface area (Å²) in [7, 11) is 3.14. The number of rotatable bonds is 6. The number of nitrogens with zero attached hydrogens (tertiary/aromatic N) is 1. The van der Waals surface area contributed by atoms with Crippen LogP contribution in [0, 0.1) is 0 Å². The van der Waals surface area contributed by atoms with Crippen molar-refractivity contribution in [1.82, 2.24) is 10.2 Å². The first-order chi connectivity index (χ1) is 7.52. The molecule has 0 heterocycles. The average Bonchev–Trinajstić information content (AvgIpc) is 2.99. The van der Waals surface area contributed by atoms with Gasteiger partial charge in [0, 0.05) is 12.6 Å². The lowest BCUT2D eigenvalue weighted by molar-refractivity contribution is -0.140. The highest BCUT2D eigenvalue weighted by atomic mass is 79.9. The topological polar surface area (TPSA) is 58.6 Å². The van der Waals surface area contributed by atoms with E-state index in [1.807, 2.05) is 0 Å². The molecule has 0 aromatic rings. The van der Waals surface area contributed by atoms with E-state index in [1.165, 1.54) is 7.11 Å². The Balaban J connectivity index is 2.20. The van der Waals surface area contributed by atoms with Crippen LogP contribution in [0.5, 0.6) is 0 Å². The van der Waals surface area contributed by atoms with Gasteiger partial charge in [0.25, 0.3) is 0 Å². The van der Waals surface area contributed by atoms with Gasteiger partial charge in [0.1, 0.15) is 4.83 Å². The first kappa shape index (κ1) is 13.4. The smallest absolute Gasteiger partial charge is 0.320 e. The zero-order chi connectivity index (χ0) is 12.1. The molecule has 1 rings (SSSR count). The predicted molar refractivity (Wildman–Crippen MR) is 63.4 cm³/mol. The molecule has 6 heteroatoms. The van der Waals surface area contributed by atoms with Crippen LogP contribution in [0.2, 0.25) is 0 Å². The van der Waals surface area contributed by atoms with Crippen molar-refractivity contribution < 1.29 is 14.3 Å². The highest BCUT2D eigenvalue weighted by Crippen LogP contribution is 2.18. The highest BCUT2D eigenvalue weighted by Gasteiger charge is 2.24. The molecule has 0 bridgehead atoms. The van der Waals surface area contributed by atoms with Crippen molar-refractivity contribution in [2.75, 3.05) is 27.2 Å². The second kappa shape index (κ2) is 6.20. The lowest BCUT2D eigenvalue weighted by Gasteiger charge is -2.18. The average molecular weight is 293 g/mol. The Morgan fingerprint density at radius 3 is 2.69 bits per heavy atom. The fourth-order valence-corrected chi connectivity index (χ4v) is 1.97. The molecule has 1 unspecified atom stereocenters. The van der Waals surface area contributed by atoms with E-state index in [1.54, 1.807) is 11.9 Å². The minimum Gasteiger partial charge on any atom is -0.468 e. The van der Waals surface area contributed by atoms with Gasteiger partial charge in [0.15, 0.2) is 0 Å². The third-order valence-electron chi connectivity index (χ3n) is 2.28. The summed E-state index contributed by atoms with van der Waals surface area (Å²) in [5.74, 6) is -0.316. The van der Waals surface area contributed by atoms with Gasteiger partial charge in [0.05, 0.1) is 13.7 Å². The number of methoxy groups -OCH3 is 1. The molecular formula is C10H17BrN2O3. The van der Waals surface area contributed by atoms with Crippen LogP contribution in [-0.2, 0) is 14.3 Å². The summed E-state index contributed by atoms with van der Waals surface area (Å²) in [6.07, 6.45) is 2.16. The Labute approximate surface area is 104 Å². The molecule has 5 nitrogen and oxygen atoms in total. The lowest BCUT2D eigenvalue weighted by atomic mass is 10.4. The van der Waals surface area contributed by atoms with Gasteiger partial charge < -0.3 is 10.1 Å². The van der Waals surface area contributed by atoms with Gasteiger partial charge in [-0.05, 0) is 19.9 Å². The lowest BCUT2D eigenvalue weighted by Crippen LogP contribution is -2.40. The zero-order valence-electron chi connectivity index (χ0n) is 9.53. The minimum absolute atomic E-state index is 0.00886. The number of esters is 1. The summed E-state index contributed by atoms with van der Waals surface area (Å²) in [5.41, 5.74) is 0. The summed E-state index contributed by atoms with van der Waals surface area (Å²) in [6, 6.07) is 0.376. The van der Waals surface area contributed by atoms with Crippen LogP contribution in [0.4, 0.5) is 0 Å². The largest absolute Gasteiger partial charge is 0.468 e. The van der Waals surface area contributed by atoms with Crippen molar-refractivity contribution in [2.24, 2.45) is 0 Å². The van der Waals surface area contributed by atoms with E-state index < -0.39 is 4.83 Å². The summed E-state index contributed by atoms with van der Waals surface area (Å²) in [4.78, 5) is 24.0. The van der Waals surface area contributed by atoms with Crippen molar-refractivity contribution in [3.8, 4) is 0 Å². The molecular weight excluding hydrogens is 276 g/mol. The van der Waals surface area contributed by atoms with Gasteiger partial charge in [-0.15, -0.1) is 0 Å². The number of hydrogen-bond donors (Lipinski definition) is 1. The third kappa shape index (κ3) is 4.94. The number of carbonyl (C=O) groups is 2. The second-order valence-corrected chi connectivity index (χ2v) is 5.13. The predicted octanol–water partition coefficient (Wildman–Crippen LogP) is 0.133. The molecule has 1 N–H and O–H groups in total. The first-order valence-electron chi connectivity index (χ1n) is 5.22. The normalized spacial score (nSPS) is 17.0. The number of carbonyl (C=O) groups excluding carboxylic acids is 2. The van der Waals surface area contributed by atoms with Crippen LogP contribution < -0.4 is 5.32 Å². The van der Waals surface area contributed by atoms with Gasteiger partial charge in [-0.1, -0.05) is 15.9 Å². The highest BCUT2D eigenvalue weighted by molar-refractivity contribution is 9.10. The molecule has 0 aliphatic heterocycles. The van der Waals surface area contributed by atoms with Crippen LogP contribution in [0.3, 0.4) is 0 Å². The molecule has 1 fully saturated rings. The van der Waals surface area contributed by atoms with Gasteiger partial charge in [0.2, 0.25) is 5.91 Å². The van der Waals surface area contributed by atoms with Crippen LogP contribution in [0.15, 0.2) is 0 Å². The van der Waals surface area contributed by atoms with Gasteiger partial charge >= 0.3 is 5.97 Å². The molecule has 0 aromatic carbocycles. The maximum atomic E-state index is 11.4. The van der Waals surface area contributed by atoms with E-state index in [0.29, 0.717) is 19.1 Å². The van der Waals surface area contributed by atoms with Crippen molar-refractivity contribution >= 4 is 27.8 Å². The van der Waals surface area contributed by atoms with Crippen molar-refractivity contribution in [3.05, 3.63) is 0 Å². The summed E-state index contributed by atoms with van der Waals surface area (Å²) in [6.45, 7) is 0.750. The quantitative estimate of drug-likeness (QED) is 0.559. The van der Waals surface area contributed by atoms with Crippen molar-refractivity contribution in [1.29, 1.82) is 0 Å². The minimum atomic E-state index is -0.392. The Morgan fingerprint density at radius 1 is 1.56 bits per heavy atom. The monoisotopic (exact) mass is 292 g/mol.